The van der Waals surface area contributed by atoms with E-state index in [1.54, 1.807) is 0 Å². The normalized spacial score (nSPS) is 11.7. The van der Waals surface area contributed by atoms with Crippen molar-refractivity contribution in [1.29, 1.82) is 0 Å². The molecule has 0 aromatic heterocycles. The summed E-state index contributed by atoms with van der Waals surface area (Å²) < 4.78 is 11.6. The third kappa shape index (κ3) is 4.37. The van der Waals surface area contributed by atoms with Crippen LogP contribution in [0.2, 0.25) is 0 Å². The lowest BCUT2D eigenvalue weighted by molar-refractivity contribution is 0.269. The molecule has 22 heavy (non-hydrogen) atoms. The summed E-state index contributed by atoms with van der Waals surface area (Å²) in [6.07, 6.45) is 2.56. The van der Waals surface area contributed by atoms with Crippen molar-refractivity contribution >= 4 is 0 Å². The first kappa shape index (κ1) is 16.1. The smallest absolute Gasteiger partial charge is 0.161 e. The summed E-state index contributed by atoms with van der Waals surface area (Å²) in [5, 5.41) is 0. The zero-order valence-corrected chi connectivity index (χ0v) is 13.0. The molecule has 2 N–H and O–H groups in total. The molecule has 0 radical (unpaired) electrons. The lowest BCUT2D eigenvalue weighted by Gasteiger charge is -2.16. The van der Waals surface area contributed by atoms with Crippen LogP contribution < -0.4 is 15.2 Å². The van der Waals surface area contributed by atoms with Gasteiger partial charge in [-0.3, -0.25) is 0 Å². The number of hydrogen-bond donors (Lipinski definition) is 1. The fourth-order valence-electron chi connectivity index (χ4n) is 2.19. The molecular weight excluding hydrogens is 274 g/mol. The minimum absolute atomic E-state index is 0.0696. The molecule has 0 aliphatic heterocycles. The third-order valence-corrected chi connectivity index (χ3v) is 3.35. The largest absolute Gasteiger partial charge is 0.490 e. The molecule has 0 saturated carbocycles. The van der Waals surface area contributed by atoms with Crippen molar-refractivity contribution in [2.24, 2.45) is 5.73 Å². The number of rotatable bonds is 8. The summed E-state index contributed by atoms with van der Waals surface area (Å²) in [6.45, 7) is 6.78. The summed E-state index contributed by atoms with van der Waals surface area (Å²) in [7, 11) is 0. The van der Waals surface area contributed by atoms with Crippen molar-refractivity contribution in [2.75, 3.05) is 6.61 Å². The maximum atomic E-state index is 6.12. The van der Waals surface area contributed by atoms with Gasteiger partial charge in [-0.15, -0.1) is 6.58 Å². The van der Waals surface area contributed by atoms with Crippen LogP contribution in [0.15, 0.2) is 61.2 Å². The van der Waals surface area contributed by atoms with Gasteiger partial charge in [-0.2, -0.15) is 0 Å². The molecule has 1 atom stereocenters. The average Bonchev–Trinajstić information content (AvgIpc) is 2.55. The van der Waals surface area contributed by atoms with Gasteiger partial charge < -0.3 is 15.2 Å². The highest BCUT2D eigenvalue weighted by Crippen LogP contribution is 2.31. The van der Waals surface area contributed by atoms with Gasteiger partial charge in [0.25, 0.3) is 0 Å². The van der Waals surface area contributed by atoms with Gasteiger partial charge in [-0.1, -0.05) is 42.5 Å². The Morgan fingerprint density at radius 1 is 1.09 bits per heavy atom. The molecule has 2 aromatic carbocycles. The lowest BCUT2D eigenvalue weighted by atomic mass is 10.0. The predicted molar refractivity (Wildman–Crippen MR) is 90.1 cm³/mol. The first-order chi connectivity index (χ1) is 10.7. The maximum absolute atomic E-state index is 6.12. The van der Waals surface area contributed by atoms with Crippen molar-refractivity contribution in [3.63, 3.8) is 0 Å². The van der Waals surface area contributed by atoms with Crippen LogP contribution in [0.25, 0.3) is 0 Å². The van der Waals surface area contributed by atoms with E-state index in [9.17, 15) is 0 Å². The first-order valence-electron chi connectivity index (χ1n) is 7.54. The molecule has 2 rings (SSSR count). The van der Waals surface area contributed by atoms with E-state index < -0.39 is 0 Å². The van der Waals surface area contributed by atoms with E-state index in [2.05, 4.69) is 6.58 Å². The van der Waals surface area contributed by atoms with Crippen LogP contribution in [-0.4, -0.2) is 6.61 Å². The molecule has 0 aliphatic carbocycles. The summed E-state index contributed by atoms with van der Waals surface area (Å²) in [5.74, 6) is 1.47. The molecule has 0 unspecified atom stereocenters. The van der Waals surface area contributed by atoms with Crippen LogP contribution >= 0.6 is 0 Å². The predicted octanol–water partition coefficient (Wildman–Crippen LogP) is 4.24. The Bertz CT molecular complexity index is 596. The van der Waals surface area contributed by atoms with E-state index in [0.717, 1.165) is 29.0 Å². The van der Waals surface area contributed by atoms with Gasteiger partial charge in [0.2, 0.25) is 0 Å². The average molecular weight is 297 g/mol. The molecule has 0 amide bonds. The Labute approximate surface area is 132 Å². The van der Waals surface area contributed by atoms with Gasteiger partial charge >= 0.3 is 0 Å². The highest BCUT2D eigenvalue weighted by molar-refractivity contribution is 5.44. The van der Waals surface area contributed by atoms with Crippen LogP contribution in [0.1, 0.15) is 30.5 Å². The summed E-state index contributed by atoms with van der Waals surface area (Å²) >= 11 is 0. The fraction of sp³-hybridized carbons (Fsp3) is 0.263. The van der Waals surface area contributed by atoms with Gasteiger partial charge in [0.15, 0.2) is 11.5 Å². The van der Waals surface area contributed by atoms with Crippen molar-refractivity contribution in [3.05, 3.63) is 72.3 Å². The first-order valence-corrected chi connectivity index (χ1v) is 7.54. The zero-order valence-electron chi connectivity index (χ0n) is 13.0. The molecule has 116 valence electrons. The second-order valence-corrected chi connectivity index (χ2v) is 5.04. The van der Waals surface area contributed by atoms with Gasteiger partial charge in [0.1, 0.15) is 6.61 Å². The molecule has 3 heteroatoms. The van der Waals surface area contributed by atoms with Crippen LogP contribution in [0.4, 0.5) is 0 Å². The molecule has 0 heterocycles. The topological polar surface area (TPSA) is 44.5 Å². The van der Waals surface area contributed by atoms with Crippen molar-refractivity contribution < 1.29 is 9.47 Å². The van der Waals surface area contributed by atoms with Gasteiger partial charge in [0.05, 0.1) is 6.61 Å². The molecular formula is C19H23NO2. The standard InChI is InChI=1S/C19H23NO2/c1-3-8-17(20)16-11-12-18(19(13-16)21-4-2)22-14-15-9-6-5-7-10-15/h3,5-7,9-13,17H,1,4,8,14,20H2,2H3/t17-/m1/s1. The molecule has 0 saturated heterocycles. The van der Waals surface area contributed by atoms with E-state index in [-0.39, 0.29) is 6.04 Å². The SMILES string of the molecule is C=CC[C@@H](N)c1ccc(OCc2ccccc2)c(OCC)c1. The van der Waals surface area contributed by atoms with Gasteiger partial charge in [0, 0.05) is 6.04 Å². The molecule has 0 fully saturated rings. The van der Waals surface area contributed by atoms with Crippen molar-refractivity contribution in [1.82, 2.24) is 0 Å². The molecule has 0 bridgehead atoms. The van der Waals surface area contributed by atoms with E-state index in [0.29, 0.717) is 13.2 Å². The number of nitrogens with two attached hydrogens (primary N) is 1. The van der Waals surface area contributed by atoms with Crippen LogP contribution in [0, 0.1) is 0 Å². The Balaban J connectivity index is 2.14. The van der Waals surface area contributed by atoms with E-state index in [4.69, 9.17) is 15.2 Å². The summed E-state index contributed by atoms with van der Waals surface area (Å²) in [5.41, 5.74) is 8.26. The van der Waals surface area contributed by atoms with E-state index in [1.165, 1.54) is 0 Å². The zero-order chi connectivity index (χ0) is 15.8. The van der Waals surface area contributed by atoms with E-state index in [1.807, 2.05) is 61.5 Å². The lowest BCUT2D eigenvalue weighted by Crippen LogP contribution is -2.09. The Morgan fingerprint density at radius 2 is 1.86 bits per heavy atom. The Kier molecular flexibility index (Phi) is 6.04. The Hall–Kier alpha value is -2.26. The van der Waals surface area contributed by atoms with Crippen LogP contribution in [0.3, 0.4) is 0 Å². The summed E-state index contributed by atoms with van der Waals surface area (Å²) in [6, 6.07) is 15.9. The second kappa shape index (κ2) is 8.25. The molecule has 3 nitrogen and oxygen atoms in total. The quantitative estimate of drug-likeness (QED) is 0.741. The van der Waals surface area contributed by atoms with Crippen molar-refractivity contribution in [3.8, 4) is 11.5 Å². The summed E-state index contributed by atoms with van der Waals surface area (Å²) in [4.78, 5) is 0. The number of ether oxygens (including phenoxy) is 2. The van der Waals surface area contributed by atoms with Gasteiger partial charge in [-0.05, 0) is 36.6 Å². The highest BCUT2D eigenvalue weighted by atomic mass is 16.5. The molecule has 0 spiro atoms. The second-order valence-electron chi connectivity index (χ2n) is 5.04. The van der Waals surface area contributed by atoms with Gasteiger partial charge in [-0.25, -0.2) is 0 Å². The Morgan fingerprint density at radius 3 is 2.55 bits per heavy atom. The fourth-order valence-corrected chi connectivity index (χ4v) is 2.19. The minimum Gasteiger partial charge on any atom is -0.490 e. The number of hydrogen-bond acceptors (Lipinski definition) is 3. The minimum atomic E-state index is -0.0696. The highest BCUT2D eigenvalue weighted by Gasteiger charge is 2.11. The van der Waals surface area contributed by atoms with E-state index >= 15 is 0 Å². The third-order valence-electron chi connectivity index (χ3n) is 3.35. The number of benzene rings is 2. The van der Waals surface area contributed by atoms with Crippen LogP contribution in [0.5, 0.6) is 11.5 Å². The maximum Gasteiger partial charge on any atom is 0.161 e. The van der Waals surface area contributed by atoms with Crippen LogP contribution in [-0.2, 0) is 6.61 Å². The molecule has 0 aliphatic rings. The monoisotopic (exact) mass is 297 g/mol. The van der Waals surface area contributed by atoms with Crippen molar-refractivity contribution in [2.45, 2.75) is 26.0 Å². The molecule has 2 aromatic rings.